The van der Waals surface area contributed by atoms with E-state index in [2.05, 4.69) is 46.3 Å². The summed E-state index contributed by atoms with van der Waals surface area (Å²) in [6.45, 7) is 9.56. The molecule has 2 fully saturated rings. The number of rotatable bonds is 5. The molecule has 0 amide bonds. The molecule has 2 saturated heterocycles. The van der Waals surface area contributed by atoms with Crippen molar-refractivity contribution >= 4 is 5.69 Å². The van der Waals surface area contributed by atoms with Gasteiger partial charge in [0.2, 0.25) is 0 Å². The van der Waals surface area contributed by atoms with E-state index >= 15 is 0 Å². The Bertz CT molecular complexity index is 409. The summed E-state index contributed by atoms with van der Waals surface area (Å²) in [6.07, 6.45) is 4.18. The zero-order valence-corrected chi connectivity index (χ0v) is 12.6. The molecule has 1 N–H and O–H groups in total. The van der Waals surface area contributed by atoms with Crippen molar-refractivity contribution in [3.8, 4) is 0 Å². The van der Waals surface area contributed by atoms with Crippen LogP contribution in [0.25, 0.3) is 0 Å². The first-order valence-electron chi connectivity index (χ1n) is 8.08. The maximum Gasteiger partial charge on any atom is 0.0340 e. The van der Waals surface area contributed by atoms with Crippen LogP contribution < -0.4 is 5.32 Å². The van der Waals surface area contributed by atoms with Crippen LogP contribution in [-0.4, -0.2) is 55.1 Å². The van der Waals surface area contributed by atoms with E-state index in [0.717, 1.165) is 19.1 Å². The fourth-order valence-electron chi connectivity index (χ4n) is 3.45. The molecule has 110 valence electrons. The summed E-state index contributed by atoms with van der Waals surface area (Å²) in [5, 5.41) is 3.53. The smallest absolute Gasteiger partial charge is 0.0340 e. The van der Waals surface area contributed by atoms with Crippen molar-refractivity contribution in [1.29, 1.82) is 0 Å². The first-order valence-corrected chi connectivity index (χ1v) is 8.08. The Hall–Kier alpha value is -1.06. The zero-order chi connectivity index (χ0) is 13.8. The molecule has 3 rings (SSSR count). The lowest BCUT2D eigenvalue weighted by Crippen LogP contribution is -2.36. The molecule has 0 saturated carbocycles. The van der Waals surface area contributed by atoms with E-state index in [1.165, 1.54) is 56.7 Å². The molecule has 0 spiro atoms. The van der Waals surface area contributed by atoms with Gasteiger partial charge in [-0.2, -0.15) is 0 Å². The quantitative estimate of drug-likeness (QED) is 0.889. The minimum atomic E-state index is 0.830. The lowest BCUT2D eigenvalue weighted by Gasteiger charge is -2.23. The summed E-state index contributed by atoms with van der Waals surface area (Å²) in [5.41, 5.74) is 2.56. The molecule has 0 aliphatic carbocycles. The summed E-state index contributed by atoms with van der Waals surface area (Å²) in [7, 11) is 0. The van der Waals surface area contributed by atoms with Crippen LogP contribution in [0, 0.1) is 6.92 Å². The molecule has 1 aromatic rings. The molecule has 20 heavy (non-hydrogen) atoms. The summed E-state index contributed by atoms with van der Waals surface area (Å²) >= 11 is 0. The number of nitrogens with zero attached hydrogens (tertiary/aromatic N) is 2. The number of hydrogen-bond donors (Lipinski definition) is 1. The average Bonchev–Trinajstić information content (AvgIpc) is 3.11. The standard InChI is InChI=1S/C17H27N3/c1-15-4-6-16(7-5-15)18-9-13-19-12-8-17(14-19)20-10-2-3-11-20/h4-7,17-18H,2-3,8-14H2,1H3. The van der Waals surface area contributed by atoms with Gasteiger partial charge in [-0.05, 0) is 58.0 Å². The second-order valence-electron chi connectivity index (χ2n) is 6.28. The summed E-state index contributed by atoms with van der Waals surface area (Å²) in [6, 6.07) is 9.51. The number of aryl methyl sites for hydroxylation is 1. The van der Waals surface area contributed by atoms with Gasteiger partial charge in [0.25, 0.3) is 0 Å². The number of nitrogens with one attached hydrogen (secondary N) is 1. The van der Waals surface area contributed by atoms with Crippen molar-refractivity contribution in [2.24, 2.45) is 0 Å². The van der Waals surface area contributed by atoms with E-state index < -0.39 is 0 Å². The lowest BCUT2D eigenvalue weighted by molar-refractivity contribution is 0.234. The first-order chi connectivity index (χ1) is 9.81. The lowest BCUT2D eigenvalue weighted by atomic mass is 10.2. The van der Waals surface area contributed by atoms with Gasteiger partial charge < -0.3 is 5.32 Å². The maximum absolute atomic E-state index is 3.53. The number of hydrogen-bond acceptors (Lipinski definition) is 3. The van der Waals surface area contributed by atoms with E-state index in [-0.39, 0.29) is 0 Å². The van der Waals surface area contributed by atoms with E-state index in [9.17, 15) is 0 Å². The highest BCUT2D eigenvalue weighted by Crippen LogP contribution is 2.20. The Morgan fingerprint density at radius 1 is 1.10 bits per heavy atom. The highest BCUT2D eigenvalue weighted by Gasteiger charge is 2.28. The van der Waals surface area contributed by atoms with Crippen molar-refractivity contribution in [2.75, 3.05) is 44.6 Å². The van der Waals surface area contributed by atoms with Crippen molar-refractivity contribution in [1.82, 2.24) is 9.80 Å². The third-order valence-electron chi connectivity index (χ3n) is 4.71. The number of benzene rings is 1. The van der Waals surface area contributed by atoms with Gasteiger partial charge in [0.05, 0.1) is 0 Å². The van der Waals surface area contributed by atoms with E-state index in [0.29, 0.717) is 0 Å². The van der Waals surface area contributed by atoms with Crippen LogP contribution in [0.2, 0.25) is 0 Å². The zero-order valence-electron chi connectivity index (χ0n) is 12.6. The largest absolute Gasteiger partial charge is 0.384 e. The molecule has 2 aliphatic heterocycles. The van der Waals surface area contributed by atoms with Gasteiger partial charge >= 0.3 is 0 Å². The molecule has 2 heterocycles. The van der Waals surface area contributed by atoms with Gasteiger partial charge in [0.15, 0.2) is 0 Å². The van der Waals surface area contributed by atoms with Gasteiger partial charge in [0.1, 0.15) is 0 Å². The number of anilines is 1. The van der Waals surface area contributed by atoms with Crippen molar-refractivity contribution in [3.63, 3.8) is 0 Å². The Morgan fingerprint density at radius 2 is 1.85 bits per heavy atom. The van der Waals surface area contributed by atoms with Gasteiger partial charge in [-0.1, -0.05) is 17.7 Å². The molecule has 1 unspecified atom stereocenters. The summed E-state index contributed by atoms with van der Waals surface area (Å²) in [4.78, 5) is 5.32. The van der Waals surface area contributed by atoms with Crippen LogP contribution in [0.1, 0.15) is 24.8 Å². The Morgan fingerprint density at radius 3 is 2.60 bits per heavy atom. The molecule has 2 aliphatic rings. The molecule has 0 radical (unpaired) electrons. The molecule has 3 heteroatoms. The molecule has 0 bridgehead atoms. The third kappa shape index (κ3) is 3.53. The minimum Gasteiger partial charge on any atom is -0.384 e. The normalized spacial score (nSPS) is 24.4. The Kier molecular flexibility index (Phi) is 4.58. The predicted octanol–water partition coefficient (Wildman–Crippen LogP) is 2.58. The summed E-state index contributed by atoms with van der Waals surface area (Å²) in [5.74, 6) is 0. The van der Waals surface area contributed by atoms with Crippen LogP contribution in [0.3, 0.4) is 0 Å². The number of likely N-dealkylation sites (tertiary alicyclic amines) is 2. The highest BCUT2D eigenvalue weighted by atomic mass is 15.3. The van der Waals surface area contributed by atoms with Gasteiger partial charge in [-0.25, -0.2) is 0 Å². The van der Waals surface area contributed by atoms with Crippen LogP contribution in [0.4, 0.5) is 5.69 Å². The minimum absolute atomic E-state index is 0.830. The van der Waals surface area contributed by atoms with Crippen LogP contribution in [-0.2, 0) is 0 Å². The average molecular weight is 273 g/mol. The Labute approximate surface area is 123 Å². The fourth-order valence-corrected chi connectivity index (χ4v) is 3.45. The van der Waals surface area contributed by atoms with Crippen molar-refractivity contribution < 1.29 is 0 Å². The molecular weight excluding hydrogens is 246 g/mol. The van der Waals surface area contributed by atoms with Gasteiger partial charge in [0, 0.05) is 31.4 Å². The van der Waals surface area contributed by atoms with Crippen LogP contribution >= 0.6 is 0 Å². The third-order valence-corrected chi connectivity index (χ3v) is 4.71. The fraction of sp³-hybridized carbons (Fsp3) is 0.647. The Balaban J connectivity index is 1.38. The van der Waals surface area contributed by atoms with Crippen molar-refractivity contribution in [3.05, 3.63) is 29.8 Å². The summed E-state index contributed by atoms with van der Waals surface area (Å²) < 4.78 is 0. The highest BCUT2D eigenvalue weighted by molar-refractivity contribution is 5.44. The second kappa shape index (κ2) is 6.59. The molecule has 1 aromatic carbocycles. The SMILES string of the molecule is Cc1ccc(NCCN2CCC(N3CCCC3)C2)cc1. The predicted molar refractivity (Wildman–Crippen MR) is 85.3 cm³/mol. The topological polar surface area (TPSA) is 18.5 Å². The van der Waals surface area contributed by atoms with Crippen molar-refractivity contribution in [2.45, 2.75) is 32.2 Å². The first kappa shape index (κ1) is 13.9. The molecular formula is C17H27N3. The monoisotopic (exact) mass is 273 g/mol. The molecule has 1 atom stereocenters. The molecule has 3 nitrogen and oxygen atoms in total. The van der Waals surface area contributed by atoms with E-state index in [1.54, 1.807) is 0 Å². The van der Waals surface area contributed by atoms with E-state index in [4.69, 9.17) is 0 Å². The van der Waals surface area contributed by atoms with Gasteiger partial charge in [-0.15, -0.1) is 0 Å². The molecule has 0 aromatic heterocycles. The van der Waals surface area contributed by atoms with Gasteiger partial charge in [-0.3, -0.25) is 9.80 Å². The van der Waals surface area contributed by atoms with Crippen LogP contribution in [0.15, 0.2) is 24.3 Å². The second-order valence-corrected chi connectivity index (χ2v) is 6.28. The van der Waals surface area contributed by atoms with E-state index in [1.807, 2.05) is 0 Å². The maximum atomic E-state index is 3.53. The van der Waals surface area contributed by atoms with Crippen LogP contribution in [0.5, 0.6) is 0 Å².